The van der Waals surface area contributed by atoms with Crippen molar-refractivity contribution >= 4 is 5.69 Å². The van der Waals surface area contributed by atoms with Gasteiger partial charge in [-0.3, -0.25) is 0 Å². The molecule has 20 heavy (non-hydrogen) atoms. The van der Waals surface area contributed by atoms with Crippen molar-refractivity contribution in [3.63, 3.8) is 0 Å². The second kappa shape index (κ2) is 5.24. The van der Waals surface area contributed by atoms with Crippen molar-refractivity contribution in [3.05, 3.63) is 24.3 Å². The molecule has 0 spiro atoms. The predicted molar refractivity (Wildman–Crippen MR) is 72.9 cm³/mol. The fourth-order valence-corrected chi connectivity index (χ4v) is 2.47. The number of benzene rings is 1. The predicted octanol–water partition coefficient (Wildman–Crippen LogP) is 1.76. The van der Waals surface area contributed by atoms with Gasteiger partial charge in [-0.25, -0.2) is 0 Å². The van der Waals surface area contributed by atoms with Crippen molar-refractivity contribution < 1.29 is 18.9 Å². The molecule has 3 fully saturated rings. The second-order valence-corrected chi connectivity index (χ2v) is 5.40. The highest BCUT2D eigenvalue weighted by atomic mass is 16.6. The van der Waals surface area contributed by atoms with E-state index in [4.69, 9.17) is 18.9 Å². The van der Waals surface area contributed by atoms with Gasteiger partial charge in [-0.2, -0.15) is 0 Å². The highest BCUT2D eigenvalue weighted by molar-refractivity contribution is 5.50. The normalized spacial score (nSPS) is 31.1. The summed E-state index contributed by atoms with van der Waals surface area (Å²) in [6.07, 6.45) is 2.74. The summed E-state index contributed by atoms with van der Waals surface area (Å²) in [6.45, 7) is 3.15. The molecule has 0 aliphatic carbocycles. The molecule has 1 aromatic rings. The fourth-order valence-electron chi connectivity index (χ4n) is 2.47. The Bertz CT molecular complexity index is 437. The minimum absolute atomic E-state index is 0.159. The molecule has 0 radical (unpaired) electrons. The molecular formula is C15H19NO4. The van der Waals surface area contributed by atoms with Crippen LogP contribution in [0, 0.1) is 0 Å². The van der Waals surface area contributed by atoms with Crippen molar-refractivity contribution in [1.82, 2.24) is 0 Å². The van der Waals surface area contributed by atoms with Crippen molar-refractivity contribution in [2.75, 3.05) is 31.3 Å². The largest absolute Gasteiger partial charge is 0.491 e. The number of epoxide rings is 1. The molecule has 0 saturated carbocycles. The SMILES string of the molecule is c1cc(N(C2CCO2)C2CCO2)ccc1OCC1CO1. The summed E-state index contributed by atoms with van der Waals surface area (Å²) in [6, 6.07) is 8.16. The van der Waals surface area contributed by atoms with Crippen LogP contribution in [0.25, 0.3) is 0 Å². The first kappa shape index (κ1) is 12.4. The zero-order valence-electron chi connectivity index (χ0n) is 11.4. The van der Waals surface area contributed by atoms with Gasteiger partial charge in [0.1, 0.15) is 30.9 Å². The van der Waals surface area contributed by atoms with Gasteiger partial charge in [-0.1, -0.05) is 0 Å². The van der Waals surface area contributed by atoms with E-state index in [0.29, 0.717) is 6.61 Å². The lowest BCUT2D eigenvalue weighted by molar-refractivity contribution is -0.117. The Kier molecular flexibility index (Phi) is 3.26. The number of rotatable bonds is 6. The molecule has 5 nitrogen and oxygen atoms in total. The monoisotopic (exact) mass is 277 g/mol. The molecule has 3 aliphatic rings. The Morgan fingerprint density at radius 3 is 2.05 bits per heavy atom. The number of anilines is 1. The van der Waals surface area contributed by atoms with E-state index in [9.17, 15) is 0 Å². The molecule has 0 aromatic heterocycles. The van der Waals surface area contributed by atoms with Gasteiger partial charge in [0.05, 0.1) is 19.8 Å². The number of nitrogens with zero attached hydrogens (tertiary/aromatic N) is 1. The highest BCUT2D eigenvalue weighted by Gasteiger charge is 2.35. The zero-order valence-corrected chi connectivity index (χ0v) is 11.4. The van der Waals surface area contributed by atoms with E-state index in [1.807, 2.05) is 12.1 Å². The quantitative estimate of drug-likeness (QED) is 0.741. The van der Waals surface area contributed by atoms with Crippen LogP contribution >= 0.6 is 0 Å². The Labute approximate surface area is 118 Å². The van der Waals surface area contributed by atoms with E-state index >= 15 is 0 Å². The molecule has 1 aromatic carbocycles. The summed E-state index contributed by atoms with van der Waals surface area (Å²) in [5.41, 5.74) is 1.13. The fraction of sp³-hybridized carbons (Fsp3) is 0.600. The molecule has 0 N–H and O–H groups in total. The number of hydrogen-bond acceptors (Lipinski definition) is 5. The first-order chi connectivity index (χ1) is 9.90. The van der Waals surface area contributed by atoms with Gasteiger partial charge in [-0.15, -0.1) is 0 Å². The average molecular weight is 277 g/mol. The maximum Gasteiger partial charge on any atom is 0.134 e. The Morgan fingerprint density at radius 1 is 1.00 bits per heavy atom. The maximum absolute atomic E-state index is 5.66. The van der Waals surface area contributed by atoms with Crippen LogP contribution < -0.4 is 9.64 Å². The van der Waals surface area contributed by atoms with Crippen LogP contribution in [-0.2, 0) is 14.2 Å². The molecule has 4 rings (SSSR count). The Morgan fingerprint density at radius 2 is 1.60 bits per heavy atom. The summed E-state index contributed by atoms with van der Waals surface area (Å²) >= 11 is 0. The van der Waals surface area contributed by atoms with Gasteiger partial charge < -0.3 is 23.8 Å². The summed E-state index contributed by atoms with van der Waals surface area (Å²) in [5.74, 6) is 0.883. The summed E-state index contributed by atoms with van der Waals surface area (Å²) in [4.78, 5) is 2.24. The first-order valence-electron chi connectivity index (χ1n) is 7.26. The van der Waals surface area contributed by atoms with Crippen LogP contribution in [-0.4, -0.2) is 45.0 Å². The van der Waals surface area contributed by atoms with Gasteiger partial charge in [0, 0.05) is 18.5 Å². The molecule has 3 heterocycles. The van der Waals surface area contributed by atoms with Gasteiger partial charge in [0.2, 0.25) is 0 Å². The van der Waals surface area contributed by atoms with Crippen LogP contribution in [0.15, 0.2) is 24.3 Å². The van der Waals surface area contributed by atoms with E-state index in [2.05, 4.69) is 17.0 Å². The van der Waals surface area contributed by atoms with Gasteiger partial charge in [0.15, 0.2) is 0 Å². The molecule has 3 saturated heterocycles. The summed E-state index contributed by atoms with van der Waals surface area (Å²) < 4.78 is 22.0. The van der Waals surface area contributed by atoms with E-state index < -0.39 is 0 Å². The van der Waals surface area contributed by atoms with Crippen LogP contribution in [0.4, 0.5) is 5.69 Å². The molecule has 3 aliphatic heterocycles. The maximum atomic E-state index is 5.66. The van der Waals surface area contributed by atoms with E-state index in [1.165, 1.54) is 0 Å². The van der Waals surface area contributed by atoms with Crippen molar-refractivity contribution in [2.45, 2.75) is 31.4 Å². The van der Waals surface area contributed by atoms with Gasteiger partial charge >= 0.3 is 0 Å². The molecule has 3 unspecified atom stereocenters. The van der Waals surface area contributed by atoms with Crippen LogP contribution in [0.3, 0.4) is 0 Å². The number of ether oxygens (including phenoxy) is 4. The average Bonchev–Trinajstić information content (AvgIpc) is 3.16. The van der Waals surface area contributed by atoms with Crippen molar-refractivity contribution in [1.29, 1.82) is 0 Å². The molecule has 108 valence electrons. The van der Waals surface area contributed by atoms with Gasteiger partial charge in [0.25, 0.3) is 0 Å². The zero-order chi connectivity index (χ0) is 13.4. The van der Waals surface area contributed by atoms with Crippen LogP contribution in [0.2, 0.25) is 0 Å². The Balaban J connectivity index is 1.44. The second-order valence-electron chi connectivity index (χ2n) is 5.40. The van der Waals surface area contributed by atoms with Crippen molar-refractivity contribution in [3.8, 4) is 5.75 Å². The highest BCUT2D eigenvalue weighted by Crippen LogP contribution is 2.32. The smallest absolute Gasteiger partial charge is 0.134 e. The topological polar surface area (TPSA) is 43.5 Å². The summed E-state index contributed by atoms with van der Waals surface area (Å²) in [5, 5.41) is 0. The van der Waals surface area contributed by atoms with Gasteiger partial charge in [-0.05, 0) is 24.3 Å². The first-order valence-corrected chi connectivity index (χ1v) is 7.26. The third-order valence-corrected chi connectivity index (χ3v) is 3.94. The molecular weight excluding hydrogens is 258 g/mol. The lowest BCUT2D eigenvalue weighted by Crippen LogP contribution is -2.54. The lowest BCUT2D eigenvalue weighted by atomic mass is 10.1. The van der Waals surface area contributed by atoms with E-state index in [1.54, 1.807) is 0 Å². The van der Waals surface area contributed by atoms with Crippen LogP contribution in [0.5, 0.6) is 5.75 Å². The molecule has 0 amide bonds. The third kappa shape index (κ3) is 2.49. The number of hydrogen-bond donors (Lipinski definition) is 0. The standard InChI is InChI=1S/C15H19NO4/c1-3-12(19-9-13-10-20-13)4-2-11(1)16(14-5-7-17-14)15-6-8-18-15/h1-4,13-15H,5-10H2. The van der Waals surface area contributed by atoms with E-state index in [-0.39, 0.29) is 18.6 Å². The third-order valence-electron chi connectivity index (χ3n) is 3.94. The van der Waals surface area contributed by atoms with Crippen molar-refractivity contribution in [2.24, 2.45) is 0 Å². The summed E-state index contributed by atoms with van der Waals surface area (Å²) in [7, 11) is 0. The molecule has 5 heteroatoms. The lowest BCUT2D eigenvalue weighted by Gasteiger charge is -2.46. The van der Waals surface area contributed by atoms with E-state index in [0.717, 1.165) is 44.1 Å². The minimum atomic E-state index is 0.159. The molecule has 0 bridgehead atoms. The Hall–Kier alpha value is -1.30. The van der Waals surface area contributed by atoms with Crippen LogP contribution in [0.1, 0.15) is 12.8 Å². The molecule has 3 atom stereocenters. The minimum Gasteiger partial charge on any atom is -0.491 e.